The zero-order valence-electron chi connectivity index (χ0n) is 20.4. The first-order valence-electron chi connectivity index (χ1n) is 12.9. The lowest BCUT2D eigenvalue weighted by atomic mass is 9.73. The maximum Gasteiger partial charge on any atom is 0.222 e. The Morgan fingerprint density at radius 2 is 1.66 bits per heavy atom. The zero-order valence-corrected chi connectivity index (χ0v) is 20.4. The molecule has 178 valence electrons. The van der Waals surface area contributed by atoms with Crippen molar-refractivity contribution >= 4 is 5.91 Å². The average Bonchev–Trinajstić information content (AvgIpc) is 2.81. The van der Waals surface area contributed by atoms with E-state index in [0.29, 0.717) is 13.0 Å². The molecule has 4 rings (SSSR count). The fraction of sp³-hybridized carbons (Fsp3) is 0.741. The molecule has 0 atom stereocenters. The highest BCUT2D eigenvalue weighted by atomic mass is 16.5. The summed E-state index contributed by atoms with van der Waals surface area (Å²) >= 11 is 0. The van der Waals surface area contributed by atoms with Gasteiger partial charge in [-0.2, -0.15) is 0 Å². The van der Waals surface area contributed by atoms with Crippen LogP contribution in [0.3, 0.4) is 0 Å². The van der Waals surface area contributed by atoms with E-state index in [2.05, 4.69) is 35.0 Å². The average molecular weight is 442 g/mol. The predicted molar refractivity (Wildman–Crippen MR) is 130 cm³/mol. The Morgan fingerprint density at radius 1 is 0.906 bits per heavy atom. The van der Waals surface area contributed by atoms with Crippen LogP contribution < -0.4 is 4.74 Å². The maximum atomic E-state index is 12.9. The summed E-state index contributed by atoms with van der Waals surface area (Å²) in [5.74, 6) is 1.28. The lowest BCUT2D eigenvalue weighted by Crippen LogP contribution is -2.51. The van der Waals surface area contributed by atoms with Crippen LogP contribution in [-0.2, 0) is 11.2 Å². The highest BCUT2D eigenvalue weighted by Crippen LogP contribution is 2.39. The molecule has 1 aromatic rings. The van der Waals surface area contributed by atoms with Gasteiger partial charge in [-0.05, 0) is 102 Å². The van der Waals surface area contributed by atoms with Crippen LogP contribution in [0, 0.1) is 5.41 Å². The van der Waals surface area contributed by atoms with Crippen LogP contribution in [0.25, 0.3) is 0 Å². The maximum absolute atomic E-state index is 12.9. The zero-order chi connectivity index (χ0) is 22.4. The number of carbonyl (C=O) groups is 1. The Hall–Kier alpha value is -1.59. The molecule has 3 heterocycles. The number of amides is 1. The molecule has 1 amide bonds. The molecule has 0 saturated carbocycles. The highest BCUT2D eigenvalue weighted by molar-refractivity contribution is 5.75. The lowest BCUT2D eigenvalue weighted by molar-refractivity contribution is -0.132. The van der Waals surface area contributed by atoms with E-state index in [1.54, 1.807) is 0 Å². The van der Waals surface area contributed by atoms with Gasteiger partial charge >= 0.3 is 0 Å². The molecule has 2 fully saturated rings. The first kappa shape index (κ1) is 23.6. The van der Waals surface area contributed by atoms with E-state index >= 15 is 0 Å². The van der Waals surface area contributed by atoms with Gasteiger partial charge in [0.05, 0.1) is 6.61 Å². The number of carbonyl (C=O) groups excluding carboxylic acids is 1. The molecule has 0 aliphatic carbocycles. The molecule has 3 aliphatic heterocycles. The molecule has 32 heavy (non-hydrogen) atoms. The summed E-state index contributed by atoms with van der Waals surface area (Å²) in [4.78, 5) is 20.1. The highest BCUT2D eigenvalue weighted by Gasteiger charge is 2.38. The molecule has 5 nitrogen and oxygen atoms in total. The minimum absolute atomic E-state index is 0.274. The fourth-order valence-electron chi connectivity index (χ4n) is 6.07. The first-order chi connectivity index (χ1) is 15.5. The van der Waals surface area contributed by atoms with Crippen molar-refractivity contribution in [3.8, 4) is 5.75 Å². The molecule has 3 aliphatic rings. The fourth-order valence-corrected chi connectivity index (χ4v) is 6.07. The van der Waals surface area contributed by atoms with Crippen LogP contribution in [0.1, 0.15) is 63.4 Å². The SMILES string of the molecule is CN1CCC(N2CCC3(CCCCc4ccccc4OCCCC(=O)N(C)C3)CC2)CC1. The minimum atomic E-state index is 0.274. The largest absolute Gasteiger partial charge is 0.493 e. The Kier molecular flexibility index (Phi) is 8.12. The molecule has 0 N–H and O–H groups in total. The second kappa shape index (κ2) is 11.0. The molecule has 2 saturated heterocycles. The van der Waals surface area contributed by atoms with Gasteiger partial charge in [0, 0.05) is 26.1 Å². The molecule has 0 unspecified atom stereocenters. The molecule has 0 aromatic heterocycles. The quantitative estimate of drug-likeness (QED) is 0.654. The summed E-state index contributed by atoms with van der Waals surface area (Å²) < 4.78 is 6.02. The molecular formula is C27H43N3O2. The third-order valence-electron chi connectivity index (χ3n) is 8.23. The van der Waals surface area contributed by atoms with E-state index in [0.717, 1.165) is 31.2 Å². The summed E-state index contributed by atoms with van der Waals surface area (Å²) in [5.41, 5.74) is 1.60. The minimum Gasteiger partial charge on any atom is -0.493 e. The number of fused-ring (bicyclic) bond motifs is 1. The standard InChI is InChI=1S/C27H43N3O2/c1-28-17-12-24(13-18-28)30-19-15-27(16-20-30)14-6-5-9-23-8-3-4-10-25(23)32-21-7-11-26(31)29(2)22-27/h3-4,8,10,24H,5-7,9,11-22H2,1-2H3. The first-order valence-corrected chi connectivity index (χ1v) is 12.9. The van der Waals surface area contributed by atoms with Crippen molar-refractivity contribution in [2.75, 3.05) is 53.4 Å². The number of aryl methyl sites for hydroxylation is 1. The van der Waals surface area contributed by atoms with Crippen molar-refractivity contribution in [2.24, 2.45) is 5.41 Å². The van der Waals surface area contributed by atoms with Gasteiger partial charge in [0.25, 0.3) is 0 Å². The second-order valence-corrected chi connectivity index (χ2v) is 10.6. The van der Waals surface area contributed by atoms with Gasteiger partial charge in [-0.1, -0.05) is 24.6 Å². The van der Waals surface area contributed by atoms with Gasteiger partial charge in [-0.25, -0.2) is 0 Å². The number of piperidine rings is 2. The molecule has 5 heteroatoms. The van der Waals surface area contributed by atoms with Crippen LogP contribution >= 0.6 is 0 Å². The van der Waals surface area contributed by atoms with Gasteiger partial charge in [0.15, 0.2) is 0 Å². The normalized spacial score (nSPS) is 25.2. The Morgan fingerprint density at radius 3 is 2.44 bits per heavy atom. The summed E-state index contributed by atoms with van der Waals surface area (Å²) in [6.07, 6.45) is 11.2. The summed E-state index contributed by atoms with van der Waals surface area (Å²) in [5, 5.41) is 0. The second-order valence-electron chi connectivity index (χ2n) is 10.6. The topological polar surface area (TPSA) is 36.0 Å². The number of benzene rings is 1. The smallest absolute Gasteiger partial charge is 0.222 e. The van der Waals surface area contributed by atoms with Crippen LogP contribution in [0.4, 0.5) is 0 Å². The van der Waals surface area contributed by atoms with Gasteiger partial charge in [0.2, 0.25) is 5.91 Å². The van der Waals surface area contributed by atoms with Gasteiger partial charge < -0.3 is 19.4 Å². The Bertz CT molecular complexity index is 736. The van der Waals surface area contributed by atoms with Crippen molar-refractivity contribution in [3.05, 3.63) is 29.8 Å². The van der Waals surface area contributed by atoms with E-state index < -0.39 is 0 Å². The number of ether oxygens (including phenoxy) is 1. The van der Waals surface area contributed by atoms with E-state index in [-0.39, 0.29) is 11.3 Å². The van der Waals surface area contributed by atoms with Crippen LogP contribution in [0.2, 0.25) is 0 Å². The molecule has 1 aromatic carbocycles. The predicted octanol–water partition coefficient (Wildman–Crippen LogP) is 4.21. The number of para-hydroxylation sites is 1. The Labute approximate surface area is 195 Å². The Balaban J connectivity index is 1.40. The van der Waals surface area contributed by atoms with E-state index in [1.807, 2.05) is 18.0 Å². The van der Waals surface area contributed by atoms with Crippen LogP contribution in [0.15, 0.2) is 24.3 Å². The van der Waals surface area contributed by atoms with Crippen molar-refractivity contribution in [2.45, 2.75) is 70.3 Å². The number of nitrogens with zero attached hydrogens (tertiary/aromatic N) is 3. The van der Waals surface area contributed by atoms with E-state index in [9.17, 15) is 4.79 Å². The lowest BCUT2D eigenvalue weighted by Gasteiger charge is -2.47. The summed E-state index contributed by atoms with van der Waals surface area (Å²) in [6, 6.07) is 9.21. The number of hydrogen-bond donors (Lipinski definition) is 0. The van der Waals surface area contributed by atoms with Gasteiger partial charge in [0.1, 0.15) is 5.75 Å². The number of rotatable bonds is 1. The van der Waals surface area contributed by atoms with Crippen molar-refractivity contribution in [1.29, 1.82) is 0 Å². The van der Waals surface area contributed by atoms with Crippen LogP contribution in [-0.4, -0.2) is 80.1 Å². The van der Waals surface area contributed by atoms with Crippen molar-refractivity contribution in [3.63, 3.8) is 0 Å². The van der Waals surface area contributed by atoms with Crippen molar-refractivity contribution < 1.29 is 9.53 Å². The molecule has 1 spiro atoms. The van der Waals surface area contributed by atoms with E-state index in [1.165, 1.54) is 76.7 Å². The van der Waals surface area contributed by atoms with E-state index in [4.69, 9.17) is 4.74 Å². The monoisotopic (exact) mass is 441 g/mol. The van der Waals surface area contributed by atoms with Gasteiger partial charge in [-0.3, -0.25) is 4.79 Å². The summed E-state index contributed by atoms with van der Waals surface area (Å²) in [6.45, 7) is 6.40. The molecule has 0 radical (unpaired) electrons. The molecule has 0 bridgehead atoms. The van der Waals surface area contributed by atoms with Gasteiger partial charge in [-0.15, -0.1) is 0 Å². The van der Waals surface area contributed by atoms with Crippen LogP contribution in [0.5, 0.6) is 5.75 Å². The molecular weight excluding hydrogens is 398 g/mol. The number of hydrogen-bond acceptors (Lipinski definition) is 4. The third-order valence-corrected chi connectivity index (χ3v) is 8.23. The summed E-state index contributed by atoms with van der Waals surface area (Å²) in [7, 11) is 4.27. The van der Waals surface area contributed by atoms with Crippen molar-refractivity contribution in [1.82, 2.24) is 14.7 Å². The third kappa shape index (κ3) is 6.05. The number of likely N-dealkylation sites (tertiary alicyclic amines) is 2.